The van der Waals surface area contributed by atoms with E-state index >= 15 is 0 Å². The molecule has 3 aliphatic rings. The normalized spacial score (nSPS) is 16.8. The van der Waals surface area contributed by atoms with E-state index in [0.29, 0.717) is 48.1 Å². The maximum Gasteiger partial charge on any atom is 0.262 e. The van der Waals surface area contributed by atoms with Gasteiger partial charge in [-0.1, -0.05) is 37.3 Å². The van der Waals surface area contributed by atoms with Crippen LogP contribution in [0.15, 0.2) is 54.9 Å². The highest BCUT2D eigenvalue weighted by molar-refractivity contribution is 6.31. The number of hydrogen-bond acceptors (Lipinski definition) is 13. The summed E-state index contributed by atoms with van der Waals surface area (Å²) in [4.78, 5) is 76.9. The number of anilines is 3. The third-order valence-corrected chi connectivity index (χ3v) is 12.1. The fraction of sp³-hybridized carbons (Fsp3) is 0.457. The summed E-state index contributed by atoms with van der Waals surface area (Å²) in [6.45, 7) is 7.22. The predicted molar refractivity (Wildman–Crippen MR) is 241 cm³/mol. The lowest BCUT2D eigenvalue weighted by molar-refractivity contribution is -0.136. The third-order valence-electron chi connectivity index (χ3n) is 11.8. The number of halogens is 2. The molecule has 5 amide bonds. The number of piperazine rings is 1. The topological polar surface area (TPSA) is 187 Å². The van der Waals surface area contributed by atoms with E-state index in [1.807, 2.05) is 6.07 Å². The van der Waals surface area contributed by atoms with E-state index in [2.05, 4.69) is 41.0 Å². The van der Waals surface area contributed by atoms with E-state index in [1.165, 1.54) is 18.5 Å². The molecule has 2 fully saturated rings. The van der Waals surface area contributed by atoms with Crippen LogP contribution in [0.1, 0.15) is 84.9 Å². The van der Waals surface area contributed by atoms with Gasteiger partial charge < -0.3 is 35.2 Å². The van der Waals surface area contributed by atoms with Crippen LogP contribution in [0.3, 0.4) is 0 Å². The molecule has 4 heterocycles. The van der Waals surface area contributed by atoms with Gasteiger partial charge in [-0.05, 0) is 68.1 Å². The number of nitrogens with zero attached hydrogens (tertiary/aromatic N) is 5. The average Bonchev–Trinajstić information content (AvgIpc) is 3.54. The number of methoxy groups -OCH3 is 1. The number of rotatable bonds is 22. The zero-order chi connectivity index (χ0) is 45.0. The van der Waals surface area contributed by atoms with Gasteiger partial charge >= 0.3 is 0 Å². The zero-order valence-electron chi connectivity index (χ0n) is 36.1. The number of amides is 5. The van der Waals surface area contributed by atoms with Crippen molar-refractivity contribution in [2.24, 2.45) is 0 Å². The second-order valence-corrected chi connectivity index (χ2v) is 16.6. The van der Waals surface area contributed by atoms with Gasteiger partial charge in [0.15, 0.2) is 11.5 Å². The highest BCUT2D eigenvalue weighted by Crippen LogP contribution is 2.35. The van der Waals surface area contributed by atoms with E-state index in [1.54, 1.807) is 37.4 Å². The summed E-state index contributed by atoms with van der Waals surface area (Å²) in [6.07, 6.45) is 9.11. The first-order valence-corrected chi connectivity index (χ1v) is 22.4. The van der Waals surface area contributed by atoms with Crippen LogP contribution >= 0.6 is 11.6 Å². The van der Waals surface area contributed by atoms with Gasteiger partial charge in [0.2, 0.25) is 17.7 Å². The quantitative estimate of drug-likeness (QED) is 0.0539. The van der Waals surface area contributed by atoms with Crippen LogP contribution in [0, 0.1) is 5.82 Å². The molecule has 4 N–H and O–H groups in total. The lowest BCUT2D eigenvalue weighted by Crippen LogP contribution is -2.54. The van der Waals surface area contributed by atoms with Crippen molar-refractivity contribution in [1.82, 2.24) is 35.3 Å². The zero-order valence-corrected chi connectivity index (χ0v) is 36.8. The number of carbonyl (C=O) groups excluding carboxylic acids is 5. The molecule has 16 nitrogen and oxygen atoms in total. The summed E-state index contributed by atoms with van der Waals surface area (Å²) in [5.41, 5.74) is 2.52. The Balaban J connectivity index is 0.706. The number of ether oxygens (including phenoxy) is 2. The maximum atomic E-state index is 13.7. The van der Waals surface area contributed by atoms with Gasteiger partial charge in [-0.2, -0.15) is 0 Å². The molecule has 3 aromatic carbocycles. The first kappa shape index (κ1) is 46.1. The second kappa shape index (κ2) is 22.1. The summed E-state index contributed by atoms with van der Waals surface area (Å²) in [5, 5.41) is 12.5. The standard InChI is InChI=1S/C46H55ClFN9O7/c1-63-39-28-37-34(43(52-29-51-37)53-31-10-12-36(48)35(47)26-31)27-40(39)64-24-8-18-55-20-22-56(23-21-55)19-15-41(58)50-17-7-5-3-2-4-6-16-49-30-9-11-32-33(25-30)46(62)57(45(32)61)38-13-14-42(59)54-44(38)60/h9-12,25-29,38,49H,2-8,13-24H2,1H3,(H,50,58)(H,51,52,53)(H,54,59,60). The number of hydrogen-bond donors (Lipinski definition) is 4. The van der Waals surface area contributed by atoms with Crippen LogP contribution in [0.5, 0.6) is 11.5 Å². The number of fused-ring (bicyclic) bond motifs is 2. The Labute approximate surface area is 376 Å². The predicted octanol–water partition coefficient (Wildman–Crippen LogP) is 5.92. The maximum absolute atomic E-state index is 13.7. The monoisotopic (exact) mass is 899 g/mol. The van der Waals surface area contributed by atoms with Crippen LogP contribution in [0.4, 0.5) is 21.6 Å². The van der Waals surface area contributed by atoms with Crippen LogP contribution in [-0.2, 0) is 14.4 Å². The van der Waals surface area contributed by atoms with Crippen LogP contribution in [0.2, 0.25) is 5.02 Å². The van der Waals surface area contributed by atoms with Gasteiger partial charge in [0.1, 0.15) is 24.0 Å². The van der Waals surface area contributed by atoms with Crippen molar-refractivity contribution >= 4 is 69.2 Å². The van der Waals surface area contributed by atoms with Crippen molar-refractivity contribution < 1.29 is 37.8 Å². The first-order chi connectivity index (χ1) is 31.1. The summed E-state index contributed by atoms with van der Waals surface area (Å²) >= 11 is 5.97. The fourth-order valence-corrected chi connectivity index (χ4v) is 8.38. The molecular weight excluding hydrogens is 845 g/mol. The Bertz CT molecular complexity index is 2340. The molecule has 7 rings (SSSR count). The van der Waals surface area contributed by atoms with Gasteiger partial charge in [0.05, 0.1) is 35.4 Å². The Morgan fingerprint density at radius 3 is 2.30 bits per heavy atom. The molecule has 2 saturated heterocycles. The summed E-state index contributed by atoms with van der Waals surface area (Å²) in [5.74, 6) is -0.779. The highest BCUT2D eigenvalue weighted by Gasteiger charge is 2.44. The minimum Gasteiger partial charge on any atom is -0.493 e. The first-order valence-electron chi connectivity index (χ1n) is 22.1. The Morgan fingerprint density at radius 2 is 1.55 bits per heavy atom. The highest BCUT2D eigenvalue weighted by atomic mass is 35.5. The Kier molecular flexibility index (Phi) is 15.9. The molecule has 340 valence electrons. The SMILES string of the molecule is COc1cc2ncnc(Nc3ccc(F)c(Cl)c3)c2cc1OCCCN1CCN(CCC(=O)NCCCCCCCCNc2ccc3c(c2)C(=O)N(C2CCC(=O)NC2=O)C3=O)CC1. The molecule has 0 radical (unpaired) electrons. The van der Waals surface area contributed by atoms with Crippen molar-refractivity contribution in [3.63, 3.8) is 0 Å². The molecule has 3 aliphatic heterocycles. The molecule has 0 aliphatic carbocycles. The number of piperidine rings is 1. The minimum atomic E-state index is -0.977. The smallest absolute Gasteiger partial charge is 0.262 e. The number of imide groups is 2. The molecule has 0 bridgehead atoms. The summed E-state index contributed by atoms with van der Waals surface area (Å²) in [7, 11) is 1.59. The number of benzene rings is 3. The van der Waals surface area contributed by atoms with Crippen LogP contribution < -0.4 is 30.7 Å². The van der Waals surface area contributed by atoms with Crippen LogP contribution in [0.25, 0.3) is 10.9 Å². The second-order valence-electron chi connectivity index (χ2n) is 16.2. The van der Waals surface area contributed by atoms with E-state index in [0.717, 1.165) is 107 Å². The largest absolute Gasteiger partial charge is 0.493 e. The molecule has 1 atom stereocenters. The van der Waals surface area contributed by atoms with Crippen LogP contribution in [-0.4, -0.2) is 126 Å². The van der Waals surface area contributed by atoms with Gasteiger partial charge in [0.25, 0.3) is 11.8 Å². The van der Waals surface area contributed by atoms with E-state index < -0.39 is 35.5 Å². The molecule has 1 unspecified atom stereocenters. The summed E-state index contributed by atoms with van der Waals surface area (Å²) in [6, 6.07) is 12.1. The fourth-order valence-electron chi connectivity index (χ4n) is 8.20. The number of nitrogens with one attached hydrogen (secondary N) is 4. The lowest BCUT2D eigenvalue weighted by atomic mass is 10.0. The summed E-state index contributed by atoms with van der Waals surface area (Å²) < 4.78 is 25.5. The molecule has 18 heteroatoms. The van der Waals surface area contributed by atoms with Gasteiger partial charge in [-0.15, -0.1) is 0 Å². The molecular formula is C46H55ClFN9O7. The number of carbonyl (C=O) groups is 5. The van der Waals surface area contributed by atoms with Crippen molar-refractivity contribution in [3.05, 3.63) is 76.8 Å². The van der Waals surface area contributed by atoms with E-state index in [-0.39, 0.29) is 34.9 Å². The van der Waals surface area contributed by atoms with Gasteiger partial charge in [0, 0.05) is 88.0 Å². The Morgan fingerprint density at radius 1 is 0.828 bits per heavy atom. The Hall–Kier alpha value is -5.91. The van der Waals surface area contributed by atoms with Gasteiger partial charge in [-0.3, -0.25) is 34.2 Å². The number of aromatic nitrogens is 2. The van der Waals surface area contributed by atoms with Gasteiger partial charge in [-0.25, -0.2) is 14.4 Å². The van der Waals surface area contributed by atoms with Crippen molar-refractivity contribution in [2.75, 3.05) is 76.7 Å². The van der Waals surface area contributed by atoms with E-state index in [4.69, 9.17) is 21.1 Å². The van der Waals surface area contributed by atoms with E-state index in [9.17, 15) is 28.4 Å². The van der Waals surface area contributed by atoms with Crippen molar-refractivity contribution in [2.45, 2.75) is 70.3 Å². The lowest BCUT2D eigenvalue weighted by Gasteiger charge is -2.34. The molecule has 0 spiro atoms. The number of unbranched alkanes of at least 4 members (excludes halogenated alkanes) is 5. The molecule has 0 saturated carbocycles. The van der Waals surface area contributed by atoms with Crippen molar-refractivity contribution in [3.8, 4) is 11.5 Å². The van der Waals surface area contributed by atoms with Crippen molar-refractivity contribution in [1.29, 1.82) is 0 Å². The molecule has 1 aromatic heterocycles. The minimum absolute atomic E-state index is 0.0115. The molecule has 64 heavy (non-hydrogen) atoms. The average molecular weight is 900 g/mol. The third kappa shape index (κ3) is 11.8. The molecule has 4 aromatic rings.